The van der Waals surface area contributed by atoms with Crippen LogP contribution in [0.25, 0.3) is 0 Å². The van der Waals surface area contributed by atoms with E-state index in [9.17, 15) is 0 Å². The molecule has 0 aromatic carbocycles. The third kappa shape index (κ3) is 8.07. The topological polar surface area (TPSA) is 18.5 Å². The first-order valence-corrected chi connectivity index (χ1v) is 5.24. The van der Waals surface area contributed by atoms with Crippen LogP contribution in [0, 0.1) is 0 Å². The number of hydrogen-bond acceptors (Lipinski definition) is 2. The van der Waals surface area contributed by atoms with E-state index in [1.807, 2.05) is 19.8 Å². The molecule has 0 saturated carbocycles. The second kappa shape index (κ2) is 9.81. The molecular weight excluding hydrogens is 163 g/mol. The van der Waals surface area contributed by atoms with Crippen molar-refractivity contribution in [3.63, 3.8) is 0 Å². The summed E-state index contributed by atoms with van der Waals surface area (Å²) in [5, 5.41) is 0. The van der Waals surface area contributed by atoms with Crippen molar-refractivity contribution in [3.8, 4) is 0 Å². The molecule has 0 aliphatic rings. The molecule has 0 bridgehead atoms. The van der Waals surface area contributed by atoms with Crippen LogP contribution in [0.15, 0.2) is 12.1 Å². The Morgan fingerprint density at radius 1 is 1.08 bits per heavy atom. The molecule has 0 rings (SSSR count). The Kier molecular flexibility index (Phi) is 9.60. The van der Waals surface area contributed by atoms with Gasteiger partial charge in [0, 0.05) is 13.2 Å². The molecule has 0 saturated heterocycles. The first-order valence-electron chi connectivity index (χ1n) is 5.24. The monoisotopic (exact) mass is 184 g/mol. The fourth-order valence-corrected chi connectivity index (χ4v) is 1.02. The lowest BCUT2D eigenvalue weighted by atomic mass is 9.89. The fraction of sp³-hybridized carbons (Fsp3) is 0.800. The van der Waals surface area contributed by atoms with E-state index in [0.717, 1.165) is 6.42 Å². The van der Waals surface area contributed by atoms with Gasteiger partial charge in [-0.15, -0.1) is 0 Å². The van der Waals surface area contributed by atoms with Gasteiger partial charge >= 0.3 is 7.12 Å². The maximum atomic E-state index is 5.35. The van der Waals surface area contributed by atoms with Crippen LogP contribution in [0.1, 0.15) is 40.0 Å². The minimum atomic E-state index is -0.146. The highest BCUT2D eigenvalue weighted by Gasteiger charge is 2.10. The predicted octanol–water partition coefficient (Wildman–Crippen LogP) is 2.83. The second-order valence-electron chi connectivity index (χ2n) is 2.85. The molecule has 0 heterocycles. The third-order valence-corrected chi connectivity index (χ3v) is 1.68. The van der Waals surface area contributed by atoms with E-state index in [2.05, 4.69) is 13.0 Å². The van der Waals surface area contributed by atoms with E-state index >= 15 is 0 Å². The Hall–Kier alpha value is -0.275. The molecule has 76 valence electrons. The van der Waals surface area contributed by atoms with Crippen molar-refractivity contribution in [1.29, 1.82) is 0 Å². The van der Waals surface area contributed by atoms with Crippen LogP contribution >= 0.6 is 0 Å². The zero-order valence-electron chi connectivity index (χ0n) is 9.08. The summed E-state index contributed by atoms with van der Waals surface area (Å²) in [6.07, 6.45) is 5.73. The highest BCUT2D eigenvalue weighted by Crippen LogP contribution is 1.98. The Bertz CT molecular complexity index is 120. The summed E-state index contributed by atoms with van der Waals surface area (Å²) in [5.41, 5.74) is 0. The summed E-state index contributed by atoms with van der Waals surface area (Å²) in [6, 6.07) is 0. The summed E-state index contributed by atoms with van der Waals surface area (Å²) in [7, 11) is -0.146. The van der Waals surface area contributed by atoms with E-state index in [4.69, 9.17) is 9.31 Å². The lowest BCUT2D eigenvalue weighted by molar-refractivity contribution is 0.224. The average Bonchev–Trinajstić information content (AvgIpc) is 2.13. The molecule has 0 fully saturated rings. The standard InChI is InChI=1S/C10H21BO2/c1-4-7-8-9-10-11(12-5-2)13-6-3/h9-10H,4-8H2,1-3H3/b10-9-. The van der Waals surface area contributed by atoms with E-state index in [1.54, 1.807) is 0 Å². The van der Waals surface area contributed by atoms with Crippen LogP contribution in [-0.4, -0.2) is 20.3 Å². The van der Waals surface area contributed by atoms with Gasteiger partial charge in [0.25, 0.3) is 0 Å². The van der Waals surface area contributed by atoms with Crippen LogP contribution in [0.4, 0.5) is 0 Å². The largest absolute Gasteiger partial charge is 0.485 e. The van der Waals surface area contributed by atoms with E-state index in [0.29, 0.717) is 13.2 Å². The first kappa shape index (κ1) is 12.7. The second-order valence-corrected chi connectivity index (χ2v) is 2.85. The lowest BCUT2D eigenvalue weighted by Gasteiger charge is -2.07. The highest BCUT2D eigenvalue weighted by atomic mass is 16.6. The summed E-state index contributed by atoms with van der Waals surface area (Å²) in [6.45, 7) is 7.54. The van der Waals surface area contributed by atoms with Gasteiger partial charge in [-0.25, -0.2) is 0 Å². The van der Waals surface area contributed by atoms with Crippen molar-refractivity contribution in [2.45, 2.75) is 40.0 Å². The molecule has 0 aliphatic heterocycles. The molecule has 0 radical (unpaired) electrons. The summed E-state index contributed by atoms with van der Waals surface area (Å²) < 4.78 is 10.7. The van der Waals surface area contributed by atoms with Gasteiger partial charge in [0.1, 0.15) is 0 Å². The summed E-state index contributed by atoms with van der Waals surface area (Å²) in [5.74, 6) is 2.00. The van der Waals surface area contributed by atoms with E-state index < -0.39 is 0 Å². The molecule has 0 aromatic rings. The third-order valence-electron chi connectivity index (χ3n) is 1.68. The Balaban J connectivity index is 3.58. The zero-order valence-corrected chi connectivity index (χ0v) is 9.08. The predicted molar refractivity (Wildman–Crippen MR) is 57.7 cm³/mol. The molecule has 3 heteroatoms. The summed E-state index contributed by atoms with van der Waals surface area (Å²) in [4.78, 5) is 0. The number of hydrogen-bond donors (Lipinski definition) is 0. The Morgan fingerprint density at radius 2 is 1.69 bits per heavy atom. The van der Waals surface area contributed by atoms with Gasteiger partial charge in [-0.2, -0.15) is 0 Å². The minimum absolute atomic E-state index is 0.146. The molecule has 0 aromatic heterocycles. The normalized spacial score (nSPS) is 11.0. The van der Waals surface area contributed by atoms with Crippen molar-refractivity contribution in [2.24, 2.45) is 0 Å². The average molecular weight is 184 g/mol. The molecule has 0 N–H and O–H groups in total. The first-order chi connectivity index (χ1) is 6.35. The minimum Gasteiger partial charge on any atom is -0.408 e. The smallest absolute Gasteiger partial charge is 0.408 e. The van der Waals surface area contributed by atoms with Crippen molar-refractivity contribution in [3.05, 3.63) is 12.1 Å². The lowest BCUT2D eigenvalue weighted by Crippen LogP contribution is -2.20. The SMILES string of the molecule is CCCC/C=C\B(OCC)OCC. The molecule has 0 spiro atoms. The molecule has 0 unspecified atom stereocenters. The van der Waals surface area contributed by atoms with E-state index in [-0.39, 0.29) is 7.12 Å². The zero-order chi connectivity index (χ0) is 9.94. The Morgan fingerprint density at radius 3 is 2.15 bits per heavy atom. The van der Waals surface area contributed by atoms with Crippen molar-refractivity contribution in [1.82, 2.24) is 0 Å². The summed E-state index contributed by atoms with van der Waals surface area (Å²) >= 11 is 0. The van der Waals surface area contributed by atoms with Crippen molar-refractivity contribution >= 4 is 7.12 Å². The molecule has 0 atom stereocenters. The number of unbranched alkanes of at least 4 members (excludes halogenated alkanes) is 2. The maximum absolute atomic E-state index is 5.35. The molecule has 0 amide bonds. The number of rotatable bonds is 8. The van der Waals surface area contributed by atoms with Gasteiger partial charge in [0.15, 0.2) is 0 Å². The van der Waals surface area contributed by atoms with Crippen LogP contribution in [0.3, 0.4) is 0 Å². The molecule has 0 aliphatic carbocycles. The van der Waals surface area contributed by atoms with E-state index in [1.165, 1.54) is 12.8 Å². The van der Waals surface area contributed by atoms with Gasteiger partial charge < -0.3 is 9.31 Å². The van der Waals surface area contributed by atoms with Crippen LogP contribution < -0.4 is 0 Å². The van der Waals surface area contributed by atoms with Gasteiger partial charge in [-0.1, -0.05) is 31.8 Å². The van der Waals surface area contributed by atoms with Gasteiger partial charge in [0.2, 0.25) is 0 Å². The maximum Gasteiger partial charge on any atom is 0.485 e. The quantitative estimate of drug-likeness (QED) is 0.426. The Labute approximate surface area is 82.5 Å². The fourth-order valence-electron chi connectivity index (χ4n) is 1.02. The van der Waals surface area contributed by atoms with Crippen molar-refractivity contribution < 1.29 is 9.31 Å². The molecule has 13 heavy (non-hydrogen) atoms. The highest BCUT2D eigenvalue weighted by molar-refractivity contribution is 6.50. The van der Waals surface area contributed by atoms with Crippen LogP contribution in [-0.2, 0) is 9.31 Å². The molecular formula is C10H21BO2. The van der Waals surface area contributed by atoms with Crippen LogP contribution in [0.5, 0.6) is 0 Å². The van der Waals surface area contributed by atoms with Gasteiger partial charge in [-0.05, 0) is 20.3 Å². The van der Waals surface area contributed by atoms with Gasteiger partial charge in [-0.3, -0.25) is 0 Å². The van der Waals surface area contributed by atoms with Crippen molar-refractivity contribution in [2.75, 3.05) is 13.2 Å². The van der Waals surface area contributed by atoms with Gasteiger partial charge in [0.05, 0.1) is 0 Å². The molecule has 2 nitrogen and oxygen atoms in total. The van der Waals surface area contributed by atoms with Crippen LogP contribution in [0.2, 0.25) is 0 Å². The number of allylic oxidation sites excluding steroid dienone is 1.